The molecule has 0 aliphatic rings. The van der Waals surface area contributed by atoms with Crippen LogP contribution < -0.4 is 15.2 Å². The minimum absolute atomic E-state index is 0.105. The first-order chi connectivity index (χ1) is 14.5. The first kappa shape index (κ1) is 21.2. The number of halogens is 1. The number of carbonyl (C=O) groups is 2. The maximum absolute atomic E-state index is 12.5. The summed E-state index contributed by atoms with van der Waals surface area (Å²) >= 11 is 6.17. The number of primary amides is 1. The van der Waals surface area contributed by atoms with Crippen LogP contribution in [0.3, 0.4) is 0 Å². The number of nitrogens with two attached hydrogens (primary N) is 1. The molecule has 0 aliphatic heterocycles. The van der Waals surface area contributed by atoms with Gasteiger partial charge in [0.2, 0.25) is 0 Å². The van der Waals surface area contributed by atoms with Gasteiger partial charge in [0.25, 0.3) is 5.91 Å². The molecule has 0 saturated heterocycles. The molecule has 0 radical (unpaired) electrons. The molecule has 154 valence electrons. The van der Waals surface area contributed by atoms with Gasteiger partial charge in [-0.3, -0.25) is 4.79 Å². The van der Waals surface area contributed by atoms with Gasteiger partial charge in [0.15, 0.2) is 18.1 Å². The van der Waals surface area contributed by atoms with Crippen LogP contribution in [0.25, 0.3) is 11.1 Å². The van der Waals surface area contributed by atoms with Gasteiger partial charge in [0.05, 0.1) is 17.7 Å². The van der Waals surface area contributed by atoms with Crippen molar-refractivity contribution >= 4 is 23.5 Å². The lowest BCUT2D eigenvalue weighted by atomic mass is 10.0. The van der Waals surface area contributed by atoms with Gasteiger partial charge in [-0.2, -0.15) is 0 Å². The maximum atomic E-state index is 12.5. The molecule has 2 N–H and O–H groups in total. The lowest BCUT2D eigenvalue weighted by molar-refractivity contribution is -0.119. The molecule has 0 aliphatic carbocycles. The summed E-state index contributed by atoms with van der Waals surface area (Å²) in [4.78, 5) is 23.4. The smallest absolute Gasteiger partial charge is 0.338 e. The molecule has 0 fully saturated rings. The molecular weight excluding hydrogens is 406 g/mol. The van der Waals surface area contributed by atoms with Gasteiger partial charge in [-0.05, 0) is 28.8 Å². The Labute approximate surface area is 179 Å². The van der Waals surface area contributed by atoms with Crippen LogP contribution in [-0.2, 0) is 16.1 Å². The van der Waals surface area contributed by atoms with Gasteiger partial charge < -0.3 is 19.9 Å². The van der Waals surface area contributed by atoms with Crippen molar-refractivity contribution in [3.63, 3.8) is 0 Å². The molecule has 0 saturated carbocycles. The second-order valence-electron chi connectivity index (χ2n) is 6.38. The number of rotatable bonds is 8. The van der Waals surface area contributed by atoms with E-state index in [0.717, 1.165) is 16.7 Å². The van der Waals surface area contributed by atoms with Crippen molar-refractivity contribution in [3.8, 4) is 22.6 Å². The van der Waals surface area contributed by atoms with Crippen LogP contribution in [0.15, 0.2) is 66.7 Å². The lowest BCUT2D eigenvalue weighted by Crippen LogP contribution is -2.20. The minimum atomic E-state index is -0.658. The first-order valence-corrected chi connectivity index (χ1v) is 9.46. The van der Waals surface area contributed by atoms with Gasteiger partial charge in [0.1, 0.15) is 6.61 Å². The molecular formula is C23H20ClNO5. The van der Waals surface area contributed by atoms with Gasteiger partial charge in [-0.15, -0.1) is 0 Å². The summed E-state index contributed by atoms with van der Waals surface area (Å²) in [7, 11) is 1.40. The minimum Gasteiger partial charge on any atom is -0.493 e. The molecule has 30 heavy (non-hydrogen) atoms. The summed E-state index contributed by atoms with van der Waals surface area (Å²) in [5, 5.41) is 0.106. The molecule has 3 aromatic carbocycles. The van der Waals surface area contributed by atoms with Crippen LogP contribution in [0, 0.1) is 0 Å². The topological polar surface area (TPSA) is 87.8 Å². The third-order valence-electron chi connectivity index (χ3n) is 4.25. The number of ether oxygens (including phenoxy) is 3. The summed E-state index contributed by atoms with van der Waals surface area (Å²) < 4.78 is 15.8. The molecule has 0 spiro atoms. The Kier molecular flexibility index (Phi) is 6.93. The number of esters is 1. The molecule has 0 unspecified atom stereocenters. The summed E-state index contributed by atoms with van der Waals surface area (Å²) in [6.07, 6.45) is 0. The van der Waals surface area contributed by atoms with Crippen LogP contribution in [0.5, 0.6) is 11.5 Å². The quantitative estimate of drug-likeness (QED) is 0.545. The van der Waals surface area contributed by atoms with Crippen molar-refractivity contribution in [1.29, 1.82) is 0 Å². The van der Waals surface area contributed by atoms with Crippen LogP contribution >= 0.6 is 11.6 Å². The largest absolute Gasteiger partial charge is 0.493 e. The number of benzene rings is 3. The van der Waals surface area contributed by atoms with Gasteiger partial charge in [-0.25, -0.2) is 4.79 Å². The van der Waals surface area contributed by atoms with E-state index in [1.54, 1.807) is 0 Å². The highest BCUT2D eigenvalue weighted by Gasteiger charge is 2.17. The predicted molar refractivity (Wildman–Crippen MR) is 114 cm³/mol. The van der Waals surface area contributed by atoms with Gasteiger partial charge >= 0.3 is 5.97 Å². The number of amides is 1. The normalized spacial score (nSPS) is 10.3. The van der Waals surface area contributed by atoms with E-state index < -0.39 is 11.9 Å². The van der Waals surface area contributed by atoms with Crippen LogP contribution in [0.4, 0.5) is 0 Å². The highest BCUT2D eigenvalue weighted by atomic mass is 35.5. The van der Waals surface area contributed by atoms with Crippen LogP contribution in [0.2, 0.25) is 5.02 Å². The Hall–Kier alpha value is -3.51. The van der Waals surface area contributed by atoms with Crippen molar-refractivity contribution in [3.05, 3.63) is 82.9 Å². The fourth-order valence-corrected chi connectivity index (χ4v) is 3.04. The Morgan fingerprint density at radius 2 is 1.63 bits per heavy atom. The summed E-state index contributed by atoms with van der Waals surface area (Å²) in [5.74, 6) is -0.896. The van der Waals surface area contributed by atoms with E-state index in [9.17, 15) is 9.59 Å². The molecule has 0 aromatic heterocycles. The van der Waals surface area contributed by atoms with Crippen molar-refractivity contribution in [2.75, 3.05) is 13.7 Å². The number of methoxy groups -OCH3 is 1. The second-order valence-corrected chi connectivity index (χ2v) is 6.79. The maximum Gasteiger partial charge on any atom is 0.338 e. The van der Waals surface area contributed by atoms with E-state index >= 15 is 0 Å². The van der Waals surface area contributed by atoms with Crippen molar-refractivity contribution in [2.24, 2.45) is 5.73 Å². The molecule has 0 heterocycles. The highest BCUT2D eigenvalue weighted by molar-refractivity contribution is 6.32. The first-order valence-electron chi connectivity index (χ1n) is 9.08. The fraction of sp³-hybridized carbons (Fsp3) is 0.130. The van der Waals surface area contributed by atoms with Crippen molar-refractivity contribution in [2.45, 2.75) is 6.61 Å². The van der Waals surface area contributed by atoms with E-state index in [2.05, 4.69) is 0 Å². The SMILES string of the molecule is COc1cc(C(=O)OCc2ccc(-c3ccccc3)cc2)cc(Cl)c1OCC(N)=O. The molecule has 1 amide bonds. The molecule has 7 heteroatoms. The average molecular weight is 426 g/mol. The zero-order valence-electron chi connectivity index (χ0n) is 16.3. The van der Waals surface area contributed by atoms with E-state index in [1.807, 2.05) is 54.6 Å². The molecule has 3 aromatic rings. The zero-order valence-corrected chi connectivity index (χ0v) is 17.0. The van der Waals surface area contributed by atoms with Crippen LogP contribution in [-0.4, -0.2) is 25.6 Å². The van der Waals surface area contributed by atoms with Gasteiger partial charge in [0, 0.05) is 0 Å². The molecule has 3 rings (SSSR count). The number of carbonyl (C=O) groups excluding carboxylic acids is 2. The monoisotopic (exact) mass is 425 g/mol. The van der Waals surface area contributed by atoms with E-state index in [4.69, 9.17) is 31.5 Å². The molecule has 0 atom stereocenters. The summed E-state index contributed by atoms with van der Waals surface area (Å²) in [5.41, 5.74) is 8.31. The Morgan fingerprint density at radius 3 is 2.27 bits per heavy atom. The third-order valence-corrected chi connectivity index (χ3v) is 4.54. The van der Waals surface area contributed by atoms with Crippen molar-refractivity contribution < 1.29 is 23.8 Å². The van der Waals surface area contributed by atoms with E-state index in [0.29, 0.717) is 0 Å². The zero-order chi connectivity index (χ0) is 21.5. The van der Waals surface area contributed by atoms with E-state index in [1.165, 1.54) is 19.2 Å². The predicted octanol–water partition coefficient (Wildman–Crippen LogP) is 4.24. The van der Waals surface area contributed by atoms with Crippen molar-refractivity contribution in [1.82, 2.24) is 0 Å². The Morgan fingerprint density at radius 1 is 0.967 bits per heavy atom. The molecule has 0 bridgehead atoms. The Bertz CT molecular complexity index is 1040. The van der Waals surface area contributed by atoms with Gasteiger partial charge in [-0.1, -0.05) is 66.2 Å². The fourth-order valence-electron chi connectivity index (χ4n) is 2.78. The number of hydrogen-bond acceptors (Lipinski definition) is 5. The average Bonchev–Trinajstić information content (AvgIpc) is 2.77. The third kappa shape index (κ3) is 5.30. The Balaban J connectivity index is 1.67. The standard InChI is InChI=1S/C23H20ClNO5/c1-28-20-12-18(11-19(24)22(20)29-14-21(25)26)23(27)30-13-15-7-9-17(10-8-15)16-5-3-2-4-6-16/h2-12H,13-14H2,1H3,(H2,25,26). The highest BCUT2D eigenvalue weighted by Crippen LogP contribution is 2.36. The molecule has 6 nitrogen and oxygen atoms in total. The van der Waals surface area contributed by atoms with E-state index in [-0.39, 0.29) is 35.3 Å². The summed E-state index contributed by atoms with van der Waals surface area (Å²) in [6, 6.07) is 20.6. The lowest BCUT2D eigenvalue weighted by Gasteiger charge is -2.13. The van der Waals surface area contributed by atoms with Crippen LogP contribution in [0.1, 0.15) is 15.9 Å². The summed E-state index contributed by atoms with van der Waals surface area (Å²) in [6.45, 7) is -0.257. The number of hydrogen-bond donors (Lipinski definition) is 1. The second kappa shape index (κ2) is 9.80.